The Morgan fingerprint density at radius 2 is 1.81 bits per heavy atom. The maximum atomic E-state index is 12.6. The van der Waals surface area contributed by atoms with Crippen LogP contribution < -0.4 is 5.32 Å². The third-order valence-electron chi connectivity index (χ3n) is 7.46. The highest BCUT2D eigenvalue weighted by molar-refractivity contribution is 5.76. The average Bonchev–Trinajstić information content (AvgIpc) is 2.85. The van der Waals surface area contributed by atoms with Crippen LogP contribution in [0.1, 0.15) is 63.3 Å². The molecular formula is C20H30N4O3. The van der Waals surface area contributed by atoms with Crippen LogP contribution >= 0.6 is 0 Å². The molecule has 0 aliphatic heterocycles. The highest BCUT2D eigenvalue weighted by Gasteiger charge is 2.53. The minimum absolute atomic E-state index is 0.0217. The highest BCUT2D eigenvalue weighted by Crippen LogP contribution is 2.61. The van der Waals surface area contributed by atoms with E-state index in [9.17, 15) is 14.9 Å². The van der Waals surface area contributed by atoms with Crippen LogP contribution in [0.25, 0.3) is 0 Å². The van der Waals surface area contributed by atoms with Gasteiger partial charge in [-0.15, -0.1) is 0 Å². The van der Waals surface area contributed by atoms with Crippen LogP contribution in [-0.4, -0.2) is 26.7 Å². The Hall–Kier alpha value is -1.92. The first-order valence-corrected chi connectivity index (χ1v) is 10.2. The van der Waals surface area contributed by atoms with E-state index in [0.29, 0.717) is 29.8 Å². The van der Waals surface area contributed by atoms with Crippen molar-refractivity contribution in [3.8, 4) is 0 Å². The van der Waals surface area contributed by atoms with Crippen molar-refractivity contribution in [1.29, 1.82) is 0 Å². The van der Waals surface area contributed by atoms with Crippen LogP contribution in [0.15, 0.2) is 0 Å². The zero-order valence-electron chi connectivity index (χ0n) is 16.5. The van der Waals surface area contributed by atoms with Crippen molar-refractivity contribution in [2.24, 2.45) is 23.2 Å². The summed E-state index contributed by atoms with van der Waals surface area (Å²) < 4.78 is 1.59. The van der Waals surface area contributed by atoms with Gasteiger partial charge >= 0.3 is 5.69 Å². The minimum atomic E-state index is -0.399. The molecule has 0 radical (unpaired) electrons. The van der Waals surface area contributed by atoms with Crippen LogP contribution in [0, 0.1) is 47.1 Å². The number of amides is 1. The van der Waals surface area contributed by atoms with Crippen molar-refractivity contribution in [1.82, 2.24) is 15.1 Å². The number of carbonyl (C=O) groups excluding carboxylic acids is 1. The van der Waals surface area contributed by atoms with Gasteiger partial charge in [-0.05, 0) is 82.5 Å². The van der Waals surface area contributed by atoms with E-state index in [1.165, 1.54) is 38.5 Å². The number of rotatable bonds is 6. The van der Waals surface area contributed by atoms with E-state index in [2.05, 4.69) is 17.3 Å². The lowest BCUT2D eigenvalue weighted by Crippen LogP contribution is -2.55. The molecule has 7 heteroatoms. The minimum Gasteiger partial charge on any atom is -0.353 e. The standard InChI is InChI=1S/C20H30N4O3/c1-12-19(24(26)27)13(2)23(22-12)5-4-18(25)21-14(3)20-9-15-6-16(10-20)8-17(7-15)11-20/h14-17H,4-11H2,1-3H3,(H,21,25)/t14-,15?,16?,17?,20?/m0/s1. The summed E-state index contributed by atoms with van der Waals surface area (Å²) in [6.45, 7) is 5.88. The lowest BCUT2D eigenvalue weighted by Gasteiger charge is -2.59. The lowest BCUT2D eigenvalue weighted by molar-refractivity contribution is -0.386. The van der Waals surface area contributed by atoms with Gasteiger partial charge in [0.05, 0.1) is 11.5 Å². The fraction of sp³-hybridized carbons (Fsp3) is 0.800. The molecule has 1 atom stereocenters. The van der Waals surface area contributed by atoms with E-state index in [0.717, 1.165) is 17.8 Å². The topological polar surface area (TPSA) is 90.1 Å². The predicted octanol–water partition coefficient (Wildman–Crippen LogP) is 3.52. The molecule has 1 heterocycles. The van der Waals surface area contributed by atoms with Crippen molar-refractivity contribution in [2.75, 3.05) is 0 Å². The molecule has 5 rings (SSSR count). The van der Waals surface area contributed by atoms with Crippen LogP contribution in [0.3, 0.4) is 0 Å². The van der Waals surface area contributed by atoms with Crippen molar-refractivity contribution < 1.29 is 9.72 Å². The molecule has 0 saturated heterocycles. The largest absolute Gasteiger partial charge is 0.353 e. The number of aromatic nitrogens is 2. The summed E-state index contributed by atoms with van der Waals surface area (Å²) in [5.41, 5.74) is 1.26. The molecule has 1 N–H and O–H groups in total. The number of nitrogens with one attached hydrogen (secondary N) is 1. The zero-order valence-corrected chi connectivity index (χ0v) is 16.5. The van der Waals surface area contributed by atoms with Crippen LogP contribution in [0.2, 0.25) is 0 Å². The van der Waals surface area contributed by atoms with E-state index in [1.54, 1.807) is 18.5 Å². The number of hydrogen-bond acceptors (Lipinski definition) is 4. The van der Waals surface area contributed by atoms with E-state index in [4.69, 9.17) is 0 Å². The Balaban J connectivity index is 1.36. The molecule has 4 saturated carbocycles. The lowest BCUT2D eigenvalue weighted by atomic mass is 9.48. The molecule has 1 amide bonds. The number of aryl methyl sites for hydroxylation is 2. The van der Waals surface area contributed by atoms with Gasteiger partial charge in [-0.25, -0.2) is 0 Å². The SMILES string of the molecule is Cc1nn(CCC(=O)N[C@@H](C)C23CC4CC(CC(C4)C2)C3)c(C)c1[N+](=O)[O-]. The maximum Gasteiger partial charge on any atom is 0.312 e. The summed E-state index contributed by atoms with van der Waals surface area (Å²) >= 11 is 0. The fourth-order valence-electron chi connectivity index (χ4n) is 6.55. The van der Waals surface area contributed by atoms with Gasteiger partial charge in [0.1, 0.15) is 11.4 Å². The highest BCUT2D eigenvalue weighted by atomic mass is 16.6. The number of nitrogens with zero attached hydrogens (tertiary/aromatic N) is 3. The maximum absolute atomic E-state index is 12.6. The van der Waals surface area contributed by atoms with Crippen LogP contribution in [0.4, 0.5) is 5.69 Å². The second-order valence-corrected chi connectivity index (χ2v) is 9.32. The molecule has 0 spiro atoms. The van der Waals surface area contributed by atoms with Gasteiger partial charge in [-0.3, -0.25) is 19.6 Å². The Morgan fingerprint density at radius 1 is 1.26 bits per heavy atom. The van der Waals surface area contributed by atoms with Crippen molar-refractivity contribution >= 4 is 11.6 Å². The molecule has 0 unspecified atom stereocenters. The third kappa shape index (κ3) is 3.25. The molecule has 27 heavy (non-hydrogen) atoms. The molecule has 0 aromatic carbocycles. The number of nitro groups is 1. The van der Waals surface area contributed by atoms with Gasteiger partial charge in [0.2, 0.25) is 5.91 Å². The molecular weight excluding hydrogens is 344 g/mol. The Bertz CT molecular complexity index is 734. The first-order valence-electron chi connectivity index (χ1n) is 10.2. The van der Waals surface area contributed by atoms with Crippen LogP contribution in [0.5, 0.6) is 0 Å². The summed E-state index contributed by atoms with van der Waals surface area (Å²) in [7, 11) is 0. The van der Waals surface area contributed by atoms with Gasteiger partial charge in [-0.2, -0.15) is 5.10 Å². The third-order valence-corrected chi connectivity index (χ3v) is 7.46. The van der Waals surface area contributed by atoms with Gasteiger partial charge < -0.3 is 5.32 Å². The van der Waals surface area contributed by atoms with E-state index >= 15 is 0 Å². The molecule has 4 bridgehead atoms. The fourth-order valence-corrected chi connectivity index (χ4v) is 6.55. The van der Waals surface area contributed by atoms with Crippen molar-refractivity contribution in [3.05, 3.63) is 21.5 Å². The summed E-state index contributed by atoms with van der Waals surface area (Å²) in [6.07, 6.45) is 8.30. The number of hydrogen-bond donors (Lipinski definition) is 1. The summed E-state index contributed by atoms with van der Waals surface area (Å²) in [5.74, 6) is 2.62. The molecule has 1 aromatic rings. The first-order chi connectivity index (χ1) is 12.8. The second kappa shape index (κ2) is 6.60. The molecule has 148 valence electrons. The average molecular weight is 374 g/mol. The monoisotopic (exact) mass is 374 g/mol. The van der Waals surface area contributed by atoms with Gasteiger partial charge in [-0.1, -0.05) is 0 Å². The van der Waals surface area contributed by atoms with Gasteiger partial charge in [0.15, 0.2) is 0 Å². The summed E-state index contributed by atoms with van der Waals surface area (Å²) in [5, 5.41) is 18.6. The van der Waals surface area contributed by atoms with Gasteiger partial charge in [0, 0.05) is 12.5 Å². The normalized spacial score (nSPS) is 32.5. The molecule has 4 aliphatic rings. The summed E-state index contributed by atoms with van der Waals surface area (Å²) in [4.78, 5) is 23.3. The molecule has 4 fully saturated rings. The van der Waals surface area contributed by atoms with Crippen molar-refractivity contribution in [2.45, 2.75) is 78.3 Å². The quantitative estimate of drug-likeness (QED) is 0.609. The molecule has 7 nitrogen and oxygen atoms in total. The predicted molar refractivity (Wildman–Crippen MR) is 101 cm³/mol. The van der Waals surface area contributed by atoms with E-state index in [-0.39, 0.29) is 17.6 Å². The van der Waals surface area contributed by atoms with Crippen LogP contribution in [-0.2, 0) is 11.3 Å². The smallest absolute Gasteiger partial charge is 0.312 e. The van der Waals surface area contributed by atoms with Gasteiger partial charge in [0.25, 0.3) is 0 Å². The van der Waals surface area contributed by atoms with E-state index < -0.39 is 4.92 Å². The first kappa shape index (κ1) is 18.4. The second-order valence-electron chi connectivity index (χ2n) is 9.32. The zero-order chi connectivity index (χ0) is 19.3. The Labute approximate surface area is 160 Å². The van der Waals surface area contributed by atoms with Crippen molar-refractivity contribution in [3.63, 3.8) is 0 Å². The molecule has 4 aliphatic carbocycles. The molecule has 1 aromatic heterocycles. The Kier molecular flexibility index (Phi) is 4.51. The summed E-state index contributed by atoms with van der Waals surface area (Å²) in [6, 6.07) is 0.202. The van der Waals surface area contributed by atoms with E-state index in [1.807, 2.05) is 0 Å². The number of carbonyl (C=O) groups is 1. The Morgan fingerprint density at radius 3 is 2.30 bits per heavy atom.